The van der Waals surface area contributed by atoms with Crippen molar-refractivity contribution >= 4 is 11.0 Å². The molecule has 2 rings (SSSR count). The van der Waals surface area contributed by atoms with Crippen molar-refractivity contribution in [3.05, 3.63) is 29.0 Å². The lowest BCUT2D eigenvalue weighted by molar-refractivity contribution is 0.450. The van der Waals surface area contributed by atoms with Crippen molar-refractivity contribution in [1.29, 1.82) is 0 Å². The van der Waals surface area contributed by atoms with E-state index in [1.807, 2.05) is 6.92 Å². The van der Waals surface area contributed by atoms with E-state index in [9.17, 15) is 0 Å². The molecule has 0 radical (unpaired) electrons. The molecule has 13 heavy (non-hydrogen) atoms. The van der Waals surface area contributed by atoms with Crippen molar-refractivity contribution in [1.82, 2.24) is 5.16 Å². The number of benzene rings is 1. The summed E-state index contributed by atoms with van der Waals surface area (Å²) < 4.78 is 5.20. The third kappa shape index (κ3) is 1.22. The second kappa shape index (κ2) is 2.87. The quantitative estimate of drug-likeness (QED) is 0.665. The Labute approximate surface area is 77.5 Å². The Hall–Kier alpha value is -1.31. The van der Waals surface area contributed by atoms with Gasteiger partial charge < -0.3 is 4.52 Å². The minimum Gasteiger partial charge on any atom is -0.356 e. The smallest absolute Gasteiger partial charge is 0.167 e. The van der Waals surface area contributed by atoms with E-state index in [2.05, 4.69) is 31.1 Å². The molecular weight excluding hydrogens is 162 g/mol. The molecule has 2 heteroatoms. The number of rotatable bonds is 1. The van der Waals surface area contributed by atoms with Crippen molar-refractivity contribution in [3.8, 4) is 0 Å². The molecule has 1 aromatic heterocycles. The van der Waals surface area contributed by atoms with Gasteiger partial charge in [-0.25, -0.2) is 0 Å². The second-order valence-electron chi connectivity index (χ2n) is 3.40. The van der Waals surface area contributed by atoms with E-state index < -0.39 is 0 Å². The molecule has 0 amide bonds. The standard InChI is InChI=1S/C11H13NO/c1-4-9-6-11-10(5-7(9)2)8(3)12-13-11/h5-6H,4H2,1-3H3. The normalized spacial score (nSPS) is 11.0. The van der Waals surface area contributed by atoms with E-state index >= 15 is 0 Å². The Kier molecular flexibility index (Phi) is 1.83. The highest BCUT2D eigenvalue weighted by Gasteiger charge is 2.06. The first-order chi connectivity index (χ1) is 6.22. The number of aromatic nitrogens is 1. The van der Waals surface area contributed by atoms with Crippen LogP contribution in [-0.2, 0) is 6.42 Å². The van der Waals surface area contributed by atoms with E-state index in [-0.39, 0.29) is 0 Å². The fraction of sp³-hybridized carbons (Fsp3) is 0.364. The zero-order chi connectivity index (χ0) is 9.42. The summed E-state index contributed by atoms with van der Waals surface area (Å²) in [4.78, 5) is 0. The predicted octanol–water partition coefficient (Wildman–Crippen LogP) is 3.01. The maximum absolute atomic E-state index is 5.20. The summed E-state index contributed by atoms with van der Waals surface area (Å²) in [5.41, 5.74) is 4.53. The second-order valence-corrected chi connectivity index (χ2v) is 3.40. The third-order valence-corrected chi connectivity index (χ3v) is 2.49. The fourth-order valence-corrected chi connectivity index (χ4v) is 1.64. The zero-order valence-corrected chi connectivity index (χ0v) is 8.22. The minimum atomic E-state index is 0.903. The molecule has 0 aliphatic rings. The van der Waals surface area contributed by atoms with Crippen molar-refractivity contribution in [2.24, 2.45) is 0 Å². The van der Waals surface area contributed by atoms with Crippen LogP contribution in [0.2, 0.25) is 0 Å². The first-order valence-corrected chi connectivity index (χ1v) is 4.58. The van der Waals surface area contributed by atoms with Gasteiger partial charge in [0.1, 0.15) is 0 Å². The molecule has 0 aliphatic heterocycles. The molecule has 2 nitrogen and oxygen atoms in total. The SMILES string of the molecule is CCc1cc2onc(C)c2cc1C. The Morgan fingerprint density at radius 3 is 2.77 bits per heavy atom. The van der Waals surface area contributed by atoms with Gasteiger partial charge >= 0.3 is 0 Å². The number of fused-ring (bicyclic) bond motifs is 1. The van der Waals surface area contributed by atoms with Gasteiger partial charge in [0.15, 0.2) is 5.58 Å². The highest BCUT2D eigenvalue weighted by atomic mass is 16.5. The van der Waals surface area contributed by atoms with Crippen LogP contribution in [0, 0.1) is 13.8 Å². The summed E-state index contributed by atoms with van der Waals surface area (Å²) in [6.07, 6.45) is 1.04. The highest BCUT2D eigenvalue weighted by molar-refractivity contribution is 5.80. The lowest BCUT2D eigenvalue weighted by Gasteiger charge is -2.01. The first-order valence-electron chi connectivity index (χ1n) is 4.58. The van der Waals surface area contributed by atoms with E-state index in [1.165, 1.54) is 11.1 Å². The van der Waals surface area contributed by atoms with Crippen LogP contribution in [0.1, 0.15) is 23.7 Å². The van der Waals surface area contributed by atoms with Crippen LogP contribution in [0.15, 0.2) is 16.7 Å². The van der Waals surface area contributed by atoms with E-state index in [1.54, 1.807) is 0 Å². The summed E-state index contributed by atoms with van der Waals surface area (Å²) in [5.74, 6) is 0. The maximum atomic E-state index is 5.20. The van der Waals surface area contributed by atoms with Gasteiger partial charge in [0.25, 0.3) is 0 Å². The molecule has 0 fully saturated rings. The molecule has 0 N–H and O–H groups in total. The van der Waals surface area contributed by atoms with Crippen molar-refractivity contribution in [3.63, 3.8) is 0 Å². The van der Waals surface area contributed by atoms with Crippen LogP contribution in [0.3, 0.4) is 0 Å². The lowest BCUT2D eigenvalue weighted by atomic mass is 10.0. The number of nitrogens with zero attached hydrogens (tertiary/aromatic N) is 1. The van der Waals surface area contributed by atoms with Crippen LogP contribution in [-0.4, -0.2) is 5.16 Å². The Balaban J connectivity index is 2.76. The van der Waals surface area contributed by atoms with Gasteiger partial charge in [-0.2, -0.15) is 0 Å². The molecule has 0 spiro atoms. The molecule has 0 aliphatic carbocycles. The van der Waals surface area contributed by atoms with Gasteiger partial charge in [-0.15, -0.1) is 0 Å². The van der Waals surface area contributed by atoms with Crippen molar-refractivity contribution < 1.29 is 4.52 Å². The lowest BCUT2D eigenvalue weighted by Crippen LogP contribution is -1.85. The molecule has 0 saturated heterocycles. The van der Waals surface area contributed by atoms with Gasteiger partial charge in [0.05, 0.1) is 5.69 Å². The number of hydrogen-bond acceptors (Lipinski definition) is 2. The van der Waals surface area contributed by atoms with Crippen LogP contribution >= 0.6 is 0 Å². The Bertz CT molecular complexity index is 443. The topological polar surface area (TPSA) is 26.0 Å². The average Bonchev–Trinajstić information content (AvgIpc) is 2.47. The highest BCUT2D eigenvalue weighted by Crippen LogP contribution is 2.22. The van der Waals surface area contributed by atoms with E-state index in [0.717, 1.165) is 23.1 Å². The summed E-state index contributed by atoms with van der Waals surface area (Å²) in [6, 6.07) is 4.24. The van der Waals surface area contributed by atoms with Crippen LogP contribution in [0.5, 0.6) is 0 Å². The first kappa shape index (κ1) is 8.30. The molecule has 2 aromatic rings. The summed E-state index contributed by atoms with van der Waals surface area (Å²) in [7, 11) is 0. The molecule has 68 valence electrons. The van der Waals surface area contributed by atoms with Gasteiger partial charge in [-0.05, 0) is 43.5 Å². The molecule has 1 aromatic carbocycles. The molecule has 0 bridgehead atoms. The van der Waals surface area contributed by atoms with Crippen molar-refractivity contribution in [2.75, 3.05) is 0 Å². The molecular formula is C11H13NO. The van der Waals surface area contributed by atoms with Crippen LogP contribution in [0.25, 0.3) is 11.0 Å². The number of aryl methyl sites for hydroxylation is 3. The van der Waals surface area contributed by atoms with Gasteiger partial charge in [0, 0.05) is 5.39 Å². The predicted molar refractivity (Wildman–Crippen MR) is 52.9 cm³/mol. The Morgan fingerprint density at radius 1 is 1.31 bits per heavy atom. The zero-order valence-electron chi connectivity index (χ0n) is 8.22. The molecule has 1 heterocycles. The fourth-order valence-electron chi connectivity index (χ4n) is 1.64. The van der Waals surface area contributed by atoms with Crippen molar-refractivity contribution in [2.45, 2.75) is 27.2 Å². The summed E-state index contributed by atoms with van der Waals surface area (Å²) >= 11 is 0. The molecule has 0 saturated carbocycles. The monoisotopic (exact) mass is 175 g/mol. The van der Waals surface area contributed by atoms with Gasteiger partial charge in [0.2, 0.25) is 0 Å². The van der Waals surface area contributed by atoms with E-state index in [4.69, 9.17) is 4.52 Å². The van der Waals surface area contributed by atoms with Gasteiger partial charge in [-0.3, -0.25) is 0 Å². The number of hydrogen-bond donors (Lipinski definition) is 0. The minimum absolute atomic E-state index is 0.903. The molecule has 0 unspecified atom stereocenters. The third-order valence-electron chi connectivity index (χ3n) is 2.49. The average molecular weight is 175 g/mol. The summed E-state index contributed by atoms with van der Waals surface area (Å²) in [6.45, 7) is 6.25. The molecule has 0 atom stereocenters. The maximum Gasteiger partial charge on any atom is 0.167 e. The van der Waals surface area contributed by atoms with Crippen LogP contribution in [0.4, 0.5) is 0 Å². The summed E-state index contributed by atoms with van der Waals surface area (Å²) in [5, 5.41) is 5.07. The largest absolute Gasteiger partial charge is 0.356 e. The van der Waals surface area contributed by atoms with Crippen LogP contribution < -0.4 is 0 Å². The van der Waals surface area contributed by atoms with Gasteiger partial charge in [-0.1, -0.05) is 12.1 Å². The Morgan fingerprint density at radius 2 is 2.08 bits per heavy atom. The van der Waals surface area contributed by atoms with E-state index in [0.29, 0.717) is 0 Å².